The van der Waals surface area contributed by atoms with Gasteiger partial charge in [-0.1, -0.05) is 54.8 Å². The first-order valence-electron chi connectivity index (χ1n) is 14.8. The maximum Gasteiger partial charge on any atom is 0.259 e. The highest BCUT2D eigenvalue weighted by Gasteiger charge is 2.61. The number of carbonyl (C=O) groups is 4. The van der Waals surface area contributed by atoms with Crippen molar-refractivity contribution >= 4 is 33.7 Å². The maximum absolute atomic E-state index is 13.8. The summed E-state index contributed by atoms with van der Waals surface area (Å²) in [5.41, 5.74) is 0.601. The molecule has 11 heteroatoms. The van der Waals surface area contributed by atoms with Crippen molar-refractivity contribution in [1.29, 1.82) is 0 Å². The van der Waals surface area contributed by atoms with E-state index < -0.39 is 44.7 Å². The van der Waals surface area contributed by atoms with Crippen LogP contribution in [0.1, 0.15) is 75.3 Å². The van der Waals surface area contributed by atoms with Crippen molar-refractivity contribution in [2.75, 3.05) is 6.54 Å². The van der Waals surface area contributed by atoms with Crippen LogP contribution < -0.4 is 15.4 Å². The van der Waals surface area contributed by atoms with Crippen LogP contribution >= 0.6 is 0 Å². The van der Waals surface area contributed by atoms with E-state index in [2.05, 4.69) is 15.4 Å². The predicted molar refractivity (Wildman–Crippen MR) is 153 cm³/mol. The fourth-order valence-electron chi connectivity index (χ4n) is 5.91. The molecule has 2 saturated carbocycles. The van der Waals surface area contributed by atoms with E-state index in [1.807, 2.05) is 43.3 Å². The molecule has 1 aromatic carbocycles. The number of nitrogens with one attached hydrogen (secondary N) is 3. The van der Waals surface area contributed by atoms with Gasteiger partial charge in [-0.2, -0.15) is 0 Å². The summed E-state index contributed by atoms with van der Waals surface area (Å²) in [6.45, 7) is 2.35. The Morgan fingerprint density at radius 2 is 1.78 bits per heavy atom. The second-order valence-electron chi connectivity index (χ2n) is 12.0. The lowest BCUT2D eigenvalue weighted by molar-refractivity contribution is -0.142. The molecule has 10 nitrogen and oxygen atoms in total. The number of aryl methyl sites for hydroxylation is 1. The van der Waals surface area contributed by atoms with Crippen molar-refractivity contribution in [3.05, 3.63) is 47.5 Å². The molecule has 4 amide bonds. The maximum atomic E-state index is 13.8. The van der Waals surface area contributed by atoms with E-state index in [1.165, 1.54) is 4.90 Å². The Labute approximate surface area is 241 Å². The summed E-state index contributed by atoms with van der Waals surface area (Å²) in [5.74, 6) is -2.04. The van der Waals surface area contributed by atoms with Gasteiger partial charge in [0.05, 0.1) is 11.7 Å². The Morgan fingerprint density at radius 1 is 1.02 bits per heavy atom. The van der Waals surface area contributed by atoms with Crippen LogP contribution in [-0.2, 0) is 35.6 Å². The average molecular weight is 585 g/mol. The molecule has 41 heavy (non-hydrogen) atoms. The highest BCUT2D eigenvalue weighted by Crippen LogP contribution is 2.46. The minimum absolute atomic E-state index is 0.154. The molecule has 0 spiro atoms. The van der Waals surface area contributed by atoms with Gasteiger partial charge in [0.1, 0.15) is 17.6 Å². The van der Waals surface area contributed by atoms with Gasteiger partial charge in [0.25, 0.3) is 5.91 Å². The van der Waals surface area contributed by atoms with Gasteiger partial charge in [0.2, 0.25) is 27.7 Å². The molecule has 0 bridgehead atoms. The predicted octanol–water partition coefficient (Wildman–Crippen LogP) is 2.02. The van der Waals surface area contributed by atoms with Crippen LogP contribution in [0.5, 0.6) is 0 Å². The number of amides is 4. The van der Waals surface area contributed by atoms with E-state index in [-0.39, 0.29) is 24.2 Å². The van der Waals surface area contributed by atoms with Crippen molar-refractivity contribution in [3.63, 3.8) is 0 Å². The smallest absolute Gasteiger partial charge is 0.259 e. The molecule has 1 unspecified atom stereocenters. The molecule has 0 aromatic heterocycles. The van der Waals surface area contributed by atoms with Crippen molar-refractivity contribution in [3.8, 4) is 0 Å². The zero-order chi connectivity index (χ0) is 29.2. The van der Waals surface area contributed by atoms with Gasteiger partial charge >= 0.3 is 0 Å². The number of hydrogen-bond donors (Lipinski definition) is 3. The minimum atomic E-state index is -3.78. The number of carbonyl (C=O) groups excluding carboxylic acids is 4. The Hall–Kier alpha value is -3.21. The lowest BCUT2D eigenvalue weighted by Gasteiger charge is -2.30. The average Bonchev–Trinajstić information content (AvgIpc) is 3.84. The van der Waals surface area contributed by atoms with Crippen LogP contribution in [0.2, 0.25) is 0 Å². The molecule has 2 heterocycles. The second-order valence-corrected chi connectivity index (χ2v) is 13.9. The number of rotatable bonds is 6. The summed E-state index contributed by atoms with van der Waals surface area (Å²) in [6, 6.07) is 6.14. The zero-order valence-electron chi connectivity index (χ0n) is 23.6. The Morgan fingerprint density at radius 3 is 2.51 bits per heavy atom. The van der Waals surface area contributed by atoms with E-state index in [1.54, 1.807) is 0 Å². The van der Waals surface area contributed by atoms with E-state index in [0.29, 0.717) is 45.1 Å². The highest BCUT2D eigenvalue weighted by atomic mass is 32.2. The van der Waals surface area contributed by atoms with Gasteiger partial charge in [0, 0.05) is 12.5 Å². The van der Waals surface area contributed by atoms with Crippen molar-refractivity contribution in [1.82, 2.24) is 20.3 Å². The molecule has 4 aliphatic rings. The third kappa shape index (κ3) is 6.82. The number of benzene rings is 1. The van der Waals surface area contributed by atoms with Crippen LogP contribution in [0.15, 0.2) is 36.4 Å². The van der Waals surface area contributed by atoms with Crippen LogP contribution in [0.4, 0.5) is 0 Å². The second kappa shape index (κ2) is 12.0. The molecular weight excluding hydrogens is 544 g/mol. The lowest BCUT2D eigenvalue weighted by atomic mass is 10.0. The molecule has 3 N–H and O–H groups in total. The summed E-state index contributed by atoms with van der Waals surface area (Å²) >= 11 is 0. The zero-order valence-corrected chi connectivity index (χ0v) is 24.4. The van der Waals surface area contributed by atoms with Crippen molar-refractivity contribution in [2.24, 2.45) is 5.92 Å². The number of nitrogens with zero attached hydrogens (tertiary/aromatic N) is 1. The molecule has 2 aliphatic carbocycles. The fraction of sp³-hybridized carbons (Fsp3) is 0.600. The highest BCUT2D eigenvalue weighted by molar-refractivity contribution is 7.91. The first-order chi connectivity index (χ1) is 19.6. The summed E-state index contributed by atoms with van der Waals surface area (Å²) in [6.07, 6.45) is 10.1. The molecule has 222 valence electrons. The van der Waals surface area contributed by atoms with Crippen LogP contribution in [0.3, 0.4) is 0 Å². The molecule has 5 rings (SSSR count). The van der Waals surface area contributed by atoms with Gasteiger partial charge in [-0.15, -0.1) is 0 Å². The molecular formula is C30H40N4O6S. The third-order valence-corrected chi connectivity index (χ3v) is 10.5. The van der Waals surface area contributed by atoms with Crippen LogP contribution in [0.25, 0.3) is 0 Å². The molecule has 1 saturated heterocycles. The van der Waals surface area contributed by atoms with Crippen molar-refractivity contribution < 1.29 is 27.6 Å². The number of hydrogen-bond acceptors (Lipinski definition) is 6. The summed E-state index contributed by atoms with van der Waals surface area (Å²) < 4.78 is 27.2. The molecule has 1 aromatic rings. The first-order valence-corrected chi connectivity index (χ1v) is 16.3. The first kappa shape index (κ1) is 29.3. The minimum Gasteiger partial charge on any atom is -0.344 e. The molecule has 3 fully saturated rings. The van der Waals surface area contributed by atoms with E-state index >= 15 is 0 Å². The van der Waals surface area contributed by atoms with Crippen LogP contribution in [-0.4, -0.2) is 66.4 Å². The molecule has 4 atom stereocenters. The van der Waals surface area contributed by atoms with Gasteiger partial charge in [-0.25, -0.2) is 8.42 Å². The number of allylic oxidation sites excluding steroid dienone is 1. The van der Waals surface area contributed by atoms with Crippen LogP contribution in [0, 0.1) is 12.8 Å². The van der Waals surface area contributed by atoms with Gasteiger partial charge in [-0.3, -0.25) is 23.9 Å². The van der Waals surface area contributed by atoms with Gasteiger partial charge < -0.3 is 15.5 Å². The molecule has 0 radical (unpaired) electrons. The monoisotopic (exact) mass is 584 g/mol. The fourth-order valence-corrected chi connectivity index (χ4v) is 7.28. The molecule has 2 aliphatic heterocycles. The van der Waals surface area contributed by atoms with Gasteiger partial charge in [0.15, 0.2) is 0 Å². The quantitative estimate of drug-likeness (QED) is 0.437. The summed E-state index contributed by atoms with van der Waals surface area (Å²) in [5, 5.41) is 5.22. The Balaban J connectivity index is 1.32. The summed E-state index contributed by atoms with van der Waals surface area (Å²) in [4.78, 5) is 55.1. The standard InChI is InChI=1S/C30H40N4O6S/c1-20-11-13-21(14-12-20)18-26(35)31-24-9-6-4-2-3-5-8-22-19-30(22,29(38)33-41(39,40)23-15-16-23)32-27(36)25-10-7-17-34(25)28(24)37/h5,8,11-14,22-25H,2-4,6-7,9-10,15-19H2,1H3,(H,31,35)(H,32,36)(H,33,38)/t22-,24?,25+,30-/m1/s1. The van der Waals surface area contributed by atoms with E-state index in [4.69, 9.17) is 0 Å². The third-order valence-electron chi connectivity index (χ3n) is 8.65. The number of fused-ring (bicyclic) bond motifs is 2. The normalized spacial score (nSPS) is 28.9. The largest absolute Gasteiger partial charge is 0.344 e. The topological polar surface area (TPSA) is 142 Å². The Bertz CT molecular complexity index is 1320. The van der Waals surface area contributed by atoms with Gasteiger partial charge in [-0.05, 0) is 63.9 Å². The summed E-state index contributed by atoms with van der Waals surface area (Å²) in [7, 11) is -3.78. The van der Waals surface area contributed by atoms with E-state index in [9.17, 15) is 27.6 Å². The van der Waals surface area contributed by atoms with Crippen molar-refractivity contribution in [2.45, 2.75) is 100 Å². The Kier molecular flexibility index (Phi) is 8.54. The SMILES string of the molecule is Cc1ccc(CC(=O)NC2CCCCCC=C[C@@H]3C[C@@]3(C(=O)NS(=O)(=O)C3CC3)NC(=O)[C@@H]3CCCN3C2=O)cc1. The van der Waals surface area contributed by atoms with E-state index in [0.717, 1.165) is 36.8 Å². The number of sulfonamides is 1. The lowest BCUT2D eigenvalue weighted by Crippen LogP contribution is -2.58.